The molecule has 1 aromatic rings. The Bertz CT molecular complexity index is 475. The fourth-order valence-electron chi connectivity index (χ4n) is 1.09. The van der Waals surface area contributed by atoms with Gasteiger partial charge in [0.25, 0.3) is 0 Å². The second-order valence-corrected chi connectivity index (χ2v) is 10.4. The molecule has 1 rings (SSSR count). The van der Waals surface area contributed by atoms with Crippen molar-refractivity contribution in [1.82, 2.24) is 0 Å². The van der Waals surface area contributed by atoms with E-state index in [1.54, 1.807) is 6.07 Å². The summed E-state index contributed by atoms with van der Waals surface area (Å²) in [5.41, 5.74) is 2.77. The Morgan fingerprint density at radius 3 is 2.18 bits per heavy atom. The highest BCUT2D eigenvalue weighted by Gasteiger charge is 2.30. The molecular formula is C12H12BrF3Si. The Balaban J connectivity index is 3.18. The van der Waals surface area contributed by atoms with Gasteiger partial charge >= 0.3 is 6.18 Å². The lowest BCUT2D eigenvalue weighted by molar-refractivity contribution is -0.137. The molecule has 0 saturated carbocycles. The van der Waals surface area contributed by atoms with Gasteiger partial charge in [0.1, 0.15) is 8.07 Å². The maximum absolute atomic E-state index is 12.6. The van der Waals surface area contributed by atoms with Crippen molar-refractivity contribution in [3.05, 3.63) is 33.8 Å². The van der Waals surface area contributed by atoms with Crippen molar-refractivity contribution in [3.8, 4) is 11.5 Å². The SMILES string of the molecule is C[Si](C)(C)C#Cc1cc(Br)cc(C(F)(F)F)c1. The molecule has 0 atom stereocenters. The molecule has 0 aliphatic heterocycles. The van der Waals surface area contributed by atoms with E-state index in [9.17, 15) is 13.2 Å². The topological polar surface area (TPSA) is 0 Å². The molecule has 0 saturated heterocycles. The van der Waals surface area contributed by atoms with Crippen LogP contribution in [0.5, 0.6) is 0 Å². The fourth-order valence-corrected chi connectivity index (χ4v) is 2.10. The van der Waals surface area contributed by atoms with Gasteiger partial charge in [0.15, 0.2) is 0 Å². The van der Waals surface area contributed by atoms with Gasteiger partial charge in [-0.25, -0.2) is 0 Å². The molecule has 0 N–H and O–H groups in total. The molecule has 5 heteroatoms. The lowest BCUT2D eigenvalue weighted by atomic mass is 10.1. The first-order valence-electron chi connectivity index (χ1n) is 4.99. The zero-order valence-electron chi connectivity index (χ0n) is 9.74. The third kappa shape index (κ3) is 4.96. The van der Waals surface area contributed by atoms with Crippen LogP contribution in [0.1, 0.15) is 11.1 Å². The molecule has 0 aliphatic carbocycles. The number of halogens is 4. The van der Waals surface area contributed by atoms with Crippen LogP contribution in [-0.4, -0.2) is 8.07 Å². The highest BCUT2D eigenvalue weighted by Crippen LogP contribution is 2.31. The summed E-state index contributed by atoms with van der Waals surface area (Å²) in [6, 6.07) is 3.74. The minimum absolute atomic E-state index is 0.396. The van der Waals surface area contributed by atoms with Gasteiger partial charge in [-0.1, -0.05) is 41.5 Å². The van der Waals surface area contributed by atoms with Gasteiger partial charge < -0.3 is 0 Å². The fraction of sp³-hybridized carbons (Fsp3) is 0.333. The molecule has 0 aliphatic rings. The Morgan fingerprint density at radius 2 is 1.71 bits per heavy atom. The van der Waals surface area contributed by atoms with Crippen LogP contribution in [0.4, 0.5) is 13.2 Å². The summed E-state index contributed by atoms with van der Waals surface area (Å²) >= 11 is 3.07. The van der Waals surface area contributed by atoms with Crippen LogP contribution in [0.2, 0.25) is 19.6 Å². The molecule has 17 heavy (non-hydrogen) atoms. The smallest absolute Gasteiger partial charge is 0.166 e. The zero-order chi connectivity index (χ0) is 13.3. The minimum atomic E-state index is -4.33. The summed E-state index contributed by atoms with van der Waals surface area (Å²) in [5.74, 6) is 2.82. The van der Waals surface area contributed by atoms with E-state index in [-0.39, 0.29) is 0 Å². The number of hydrogen-bond donors (Lipinski definition) is 0. The van der Waals surface area contributed by atoms with Gasteiger partial charge in [-0.3, -0.25) is 0 Å². The van der Waals surface area contributed by atoms with Crippen molar-refractivity contribution in [3.63, 3.8) is 0 Å². The summed E-state index contributed by atoms with van der Waals surface area (Å²) in [6.45, 7) is 6.13. The molecule has 0 amide bonds. The third-order valence-corrected chi connectivity index (χ3v) is 3.14. The monoisotopic (exact) mass is 320 g/mol. The molecule has 0 bridgehead atoms. The van der Waals surface area contributed by atoms with Crippen molar-refractivity contribution < 1.29 is 13.2 Å². The van der Waals surface area contributed by atoms with E-state index >= 15 is 0 Å². The summed E-state index contributed by atoms with van der Waals surface area (Å²) in [6.07, 6.45) is -4.33. The number of hydrogen-bond acceptors (Lipinski definition) is 0. The Kier molecular flexibility index (Phi) is 4.10. The van der Waals surface area contributed by atoms with Gasteiger partial charge in [-0.05, 0) is 18.2 Å². The van der Waals surface area contributed by atoms with Crippen molar-refractivity contribution >= 4 is 24.0 Å². The average Bonchev–Trinajstić information content (AvgIpc) is 2.11. The van der Waals surface area contributed by atoms with Crippen LogP contribution in [0.25, 0.3) is 0 Å². The van der Waals surface area contributed by atoms with Crippen LogP contribution in [0.3, 0.4) is 0 Å². The first-order valence-corrected chi connectivity index (χ1v) is 9.28. The maximum atomic E-state index is 12.6. The van der Waals surface area contributed by atoms with Crippen molar-refractivity contribution in [1.29, 1.82) is 0 Å². The summed E-state index contributed by atoms with van der Waals surface area (Å²) in [7, 11) is -1.58. The van der Waals surface area contributed by atoms with Gasteiger partial charge in [0, 0.05) is 10.0 Å². The number of alkyl halides is 3. The molecule has 0 nitrogen and oxygen atoms in total. The summed E-state index contributed by atoms with van der Waals surface area (Å²) < 4.78 is 38.1. The van der Waals surface area contributed by atoms with Crippen LogP contribution in [0.15, 0.2) is 22.7 Å². The highest BCUT2D eigenvalue weighted by molar-refractivity contribution is 9.10. The van der Waals surface area contributed by atoms with Gasteiger partial charge in [0.2, 0.25) is 0 Å². The molecule has 0 aromatic heterocycles. The molecule has 0 fully saturated rings. The lowest BCUT2D eigenvalue weighted by Gasteiger charge is -2.08. The van der Waals surface area contributed by atoms with E-state index in [1.165, 1.54) is 0 Å². The first kappa shape index (κ1) is 14.3. The van der Waals surface area contributed by atoms with Crippen molar-refractivity contribution in [2.24, 2.45) is 0 Å². The first-order chi connectivity index (χ1) is 7.58. The van der Waals surface area contributed by atoms with Crippen LogP contribution < -0.4 is 0 Å². The molecule has 0 heterocycles. The standard InChI is InChI=1S/C12H12BrF3Si/c1-17(2,3)5-4-9-6-10(12(14,15)16)8-11(13)7-9/h6-8H,1-3H3. The summed E-state index contributed by atoms with van der Waals surface area (Å²) in [4.78, 5) is 0. The molecule has 0 radical (unpaired) electrons. The zero-order valence-corrected chi connectivity index (χ0v) is 12.3. The van der Waals surface area contributed by atoms with E-state index in [2.05, 4.69) is 27.4 Å². The van der Waals surface area contributed by atoms with E-state index in [4.69, 9.17) is 0 Å². The largest absolute Gasteiger partial charge is 0.416 e. The van der Waals surface area contributed by atoms with E-state index in [0.29, 0.717) is 10.0 Å². The normalized spacial score (nSPS) is 11.9. The van der Waals surface area contributed by atoms with E-state index in [1.807, 2.05) is 19.6 Å². The number of rotatable bonds is 0. The Labute approximate surface area is 108 Å². The van der Waals surface area contributed by atoms with Crippen LogP contribution in [0, 0.1) is 11.5 Å². The third-order valence-electron chi connectivity index (χ3n) is 1.81. The number of benzene rings is 1. The predicted octanol–water partition coefficient (Wildman–Crippen LogP) is 4.70. The van der Waals surface area contributed by atoms with Crippen LogP contribution in [-0.2, 0) is 6.18 Å². The predicted molar refractivity (Wildman–Crippen MR) is 69.4 cm³/mol. The average molecular weight is 321 g/mol. The summed E-state index contributed by atoms with van der Waals surface area (Å²) in [5, 5.41) is 0. The van der Waals surface area contributed by atoms with Gasteiger partial charge in [-0.2, -0.15) is 13.2 Å². The van der Waals surface area contributed by atoms with E-state index in [0.717, 1.165) is 12.1 Å². The second-order valence-electron chi connectivity index (χ2n) is 4.73. The van der Waals surface area contributed by atoms with Crippen LogP contribution >= 0.6 is 15.9 Å². The van der Waals surface area contributed by atoms with E-state index < -0.39 is 19.8 Å². The molecule has 92 valence electrons. The molecule has 0 unspecified atom stereocenters. The second kappa shape index (κ2) is 4.87. The molecule has 0 spiro atoms. The maximum Gasteiger partial charge on any atom is 0.416 e. The Hall–Kier alpha value is -0.733. The van der Waals surface area contributed by atoms with Gasteiger partial charge in [-0.15, -0.1) is 5.54 Å². The van der Waals surface area contributed by atoms with Crippen molar-refractivity contribution in [2.45, 2.75) is 25.8 Å². The highest BCUT2D eigenvalue weighted by atomic mass is 79.9. The van der Waals surface area contributed by atoms with Crippen molar-refractivity contribution in [2.75, 3.05) is 0 Å². The molecular weight excluding hydrogens is 309 g/mol. The Morgan fingerprint density at radius 1 is 1.12 bits per heavy atom. The lowest BCUT2D eigenvalue weighted by Crippen LogP contribution is -2.16. The van der Waals surface area contributed by atoms with Gasteiger partial charge in [0.05, 0.1) is 5.56 Å². The quantitative estimate of drug-likeness (QED) is 0.480. The molecule has 1 aromatic carbocycles. The minimum Gasteiger partial charge on any atom is -0.166 e.